The molecule has 1 aromatic heterocycles. The minimum absolute atomic E-state index is 0.0522. The van der Waals surface area contributed by atoms with Crippen LogP contribution in [0, 0.1) is 5.92 Å². The summed E-state index contributed by atoms with van der Waals surface area (Å²) in [5.74, 6) is 0.215. The van der Waals surface area contributed by atoms with E-state index in [2.05, 4.69) is 22.1 Å². The summed E-state index contributed by atoms with van der Waals surface area (Å²) in [6.45, 7) is 5.02. The number of anilines is 1. The number of benzene rings is 1. The molecule has 2 N–H and O–H groups in total. The van der Waals surface area contributed by atoms with E-state index in [1.165, 1.54) is 12.3 Å². The molecule has 6 nitrogen and oxygen atoms in total. The van der Waals surface area contributed by atoms with E-state index in [1.54, 1.807) is 12.1 Å². The molecule has 1 amide bonds. The topological polar surface area (TPSA) is 68.7 Å². The highest BCUT2D eigenvalue weighted by Crippen LogP contribution is 2.38. The SMILES string of the molecule is CC1CC(NC(=O)CN2CCC(O)CC2)CN(c2ccc(C(F)(F)F)c3ncccc23)C1. The van der Waals surface area contributed by atoms with Crippen LogP contribution < -0.4 is 10.2 Å². The van der Waals surface area contributed by atoms with Crippen molar-refractivity contribution in [1.29, 1.82) is 0 Å². The number of aromatic nitrogens is 1. The average Bonchev–Trinajstić information content (AvgIpc) is 2.73. The van der Waals surface area contributed by atoms with Crippen molar-refractivity contribution in [3.63, 3.8) is 0 Å². The zero-order valence-corrected chi connectivity index (χ0v) is 18.1. The van der Waals surface area contributed by atoms with Gasteiger partial charge in [-0.2, -0.15) is 13.2 Å². The normalized spacial score (nSPS) is 23.5. The predicted octanol–water partition coefficient (Wildman–Crippen LogP) is 3.04. The molecule has 32 heavy (non-hydrogen) atoms. The van der Waals surface area contributed by atoms with Gasteiger partial charge in [-0.25, -0.2) is 0 Å². The van der Waals surface area contributed by atoms with Crippen molar-refractivity contribution in [2.45, 2.75) is 44.5 Å². The Hall–Kier alpha value is -2.39. The van der Waals surface area contributed by atoms with Gasteiger partial charge in [0.05, 0.1) is 23.7 Å². The predicted molar refractivity (Wildman–Crippen MR) is 116 cm³/mol. The summed E-state index contributed by atoms with van der Waals surface area (Å²) in [6, 6.07) is 5.85. The van der Waals surface area contributed by atoms with Crippen molar-refractivity contribution in [3.05, 3.63) is 36.0 Å². The second-order valence-electron chi connectivity index (χ2n) is 9.05. The van der Waals surface area contributed by atoms with E-state index in [0.717, 1.165) is 12.5 Å². The highest BCUT2D eigenvalue weighted by atomic mass is 19.4. The molecule has 4 rings (SSSR count). The number of hydrogen-bond donors (Lipinski definition) is 2. The summed E-state index contributed by atoms with van der Waals surface area (Å²) in [7, 11) is 0. The number of carbonyl (C=O) groups is 1. The third-order valence-electron chi connectivity index (χ3n) is 6.34. The molecule has 0 aliphatic carbocycles. The maximum Gasteiger partial charge on any atom is 0.418 e. The summed E-state index contributed by atoms with van der Waals surface area (Å²) in [6.07, 6.45) is -1.20. The van der Waals surface area contributed by atoms with Crippen LogP contribution in [0.15, 0.2) is 30.5 Å². The number of likely N-dealkylation sites (tertiary alicyclic amines) is 1. The Balaban J connectivity index is 1.49. The van der Waals surface area contributed by atoms with Crippen molar-refractivity contribution in [2.24, 2.45) is 5.92 Å². The number of piperidine rings is 2. The van der Waals surface area contributed by atoms with Crippen LogP contribution in [-0.2, 0) is 11.0 Å². The van der Waals surface area contributed by atoms with Crippen LogP contribution in [0.4, 0.5) is 18.9 Å². The Morgan fingerprint density at radius 3 is 2.69 bits per heavy atom. The van der Waals surface area contributed by atoms with Gasteiger partial charge >= 0.3 is 6.18 Å². The highest BCUT2D eigenvalue weighted by molar-refractivity contribution is 5.94. The van der Waals surface area contributed by atoms with E-state index in [4.69, 9.17) is 0 Å². The molecule has 0 bridgehead atoms. The van der Waals surface area contributed by atoms with Gasteiger partial charge in [0.1, 0.15) is 0 Å². The number of aliphatic hydroxyl groups excluding tert-OH is 1. The number of pyridine rings is 1. The van der Waals surface area contributed by atoms with Gasteiger partial charge in [-0.05, 0) is 49.4 Å². The Kier molecular flexibility index (Phi) is 6.57. The fourth-order valence-corrected chi connectivity index (χ4v) is 4.87. The summed E-state index contributed by atoms with van der Waals surface area (Å²) in [4.78, 5) is 20.7. The van der Waals surface area contributed by atoms with E-state index in [9.17, 15) is 23.1 Å². The number of alkyl halides is 3. The van der Waals surface area contributed by atoms with E-state index < -0.39 is 11.7 Å². The molecule has 1 aromatic carbocycles. The lowest BCUT2D eigenvalue weighted by atomic mass is 9.94. The molecule has 2 unspecified atom stereocenters. The largest absolute Gasteiger partial charge is 0.418 e. The highest BCUT2D eigenvalue weighted by Gasteiger charge is 2.35. The first-order valence-corrected chi connectivity index (χ1v) is 11.1. The molecule has 3 heterocycles. The summed E-state index contributed by atoms with van der Waals surface area (Å²) >= 11 is 0. The van der Waals surface area contributed by atoms with E-state index in [-0.39, 0.29) is 29.5 Å². The van der Waals surface area contributed by atoms with Gasteiger partial charge in [-0.15, -0.1) is 0 Å². The zero-order valence-electron chi connectivity index (χ0n) is 18.1. The lowest BCUT2D eigenvalue weighted by molar-refractivity contribution is -0.136. The Morgan fingerprint density at radius 2 is 1.97 bits per heavy atom. The number of halogens is 3. The maximum atomic E-state index is 13.5. The second kappa shape index (κ2) is 9.23. The molecular formula is C23H29F3N4O2. The van der Waals surface area contributed by atoms with E-state index in [1.807, 2.05) is 4.90 Å². The van der Waals surface area contributed by atoms with Crippen LogP contribution in [0.25, 0.3) is 10.9 Å². The molecule has 9 heteroatoms. The molecule has 2 saturated heterocycles. The van der Waals surface area contributed by atoms with E-state index in [0.29, 0.717) is 56.6 Å². The Bertz CT molecular complexity index is 960. The lowest BCUT2D eigenvalue weighted by Crippen LogP contribution is -2.52. The smallest absolute Gasteiger partial charge is 0.393 e. The van der Waals surface area contributed by atoms with Crippen molar-refractivity contribution < 1.29 is 23.1 Å². The number of hydrogen-bond acceptors (Lipinski definition) is 5. The minimum atomic E-state index is -4.47. The fourth-order valence-electron chi connectivity index (χ4n) is 4.87. The van der Waals surface area contributed by atoms with Gasteiger partial charge in [0.15, 0.2) is 0 Å². The number of fused-ring (bicyclic) bond motifs is 1. The molecular weight excluding hydrogens is 421 g/mol. The minimum Gasteiger partial charge on any atom is -0.393 e. The van der Waals surface area contributed by atoms with E-state index >= 15 is 0 Å². The van der Waals surface area contributed by atoms with Crippen LogP contribution in [-0.4, -0.2) is 65.8 Å². The van der Waals surface area contributed by atoms with Gasteiger partial charge in [0, 0.05) is 49.5 Å². The van der Waals surface area contributed by atoms with Crippen LogP contribution in [0.1, 0.15) is 31.7 Å². The second-order valence-corrected chi connectivity index (χ2v) is 9.05. The fraction of sp³-hybridized carbons (Fsp3) is 0.565. The van der Waals surface area contributed by atoms with Crippen molar-refractivity contribution >= 4 is 22.5 Å². The molecule has 2 aliphatic rings. The number of nitrogens with one attached hydrogen (secondary N) is 1. The monoisotopic (exact) mass is 450 g/mol. The Labute approximate surface area is 185 Å². The summed E-state index contributed by atoms with van der Waals surface area (Å²) in [5, 5.41) is 13.2. The van der Waals surface area contributed by atoms with Crippen molar-refractivity contribution in [3.8, 4) is 0 Å². The third kappa shape index (κ3) is 5.15. The number of rotatable bonds is 4. The molecule has 2 fully saturated rings. The molecule has 2 atom stereocenters. The average molecular weight is 451 g/mol. The van der Waals surface area contributed by atoms with Crippen LogP contribution in [0.5, 0.6) is 0 Å². The number of carbonyl (C=O) groups excluding carboxylic acids is 1. The number of aliphatic hydroxyl groups is 1. The van der Waals surface area contributed by atoms with Crippen LogP contribution in [0.2, 0.25) is 0 Å². The molecule has 0 spiro atoms. The number of amides is 1. The first-order chi connectivity index (χ1) is 15.2. The first-order valence-electron chi connectivity index (χ1n) is 11.1. The van der Waals surface area contributed by atoms with Gasteiger partial charge in [-0.1, -0.05) is 6.92 Å². The third-order valence-corrected chi connectivity index (χ3v) is 6.34. The van der Waals surface area contributed by atoms with Crippen molar-refractivity contribution in [1.82, 2.24) is 15.2 Å². The number of nitrogens with zero attached hydrogens (tertiary/aromatic N) is 3. The molecule has 2 aliphatic heterocycles. The molecule has 2 aromatic rings. The van der Waals surface area contributed by atoms with Gasteiger partial charge < -0.3 is 15.3 Å². The summed E-state index contributed by atoms with van der Waals surface area (Å²) < 4.78 is 40.4. The standard InChI is InChI=1S/C23H29F3N4O2/c1-15-11-16(28-21(32)14-29-9-6-17(31)7-10-29)13-30(12-15)20-5-4-19(23(24,25)26)22-18(20)3-2-8-27-22/h2-5,8,15-17,31H,6-7,9-14H2,1H3,(H,28,32). The van der Waals surface area contributed by atoms with Gasteiger partial charge in [-0.3, -0.25) is 14.7 Å². The molecule has 0 saturated carbocycles. The first kappa shape index (κ1) is 22.8. The maximum absolute atomic E-state index is 13.5. The lowest BCUT2D eigenvalue weighted by Gasteiger charge is -2.39. The zero-order chi connectivity index (χ0) is 22.9. The van der Waals surface area contributed by atoms with Crippen LogP contribution >= 0.6 is 0 Å². The molecule has 0 radical (unpaired) electrons. The summed E-state index contributed by atoms with van der Waals surface area (Å²) in [5.41, 5.74) is -0.0843. The van der Waals surface area contributed by atoms with Gasteiger partial charge in [0.25, 0.3) is 0 Å². The quantitative estimate of drug-likeness (QED) is 0.750. The molecule has 174 valence electrons. The van der Waals surface area contributed by atoms with Crippen molar-refractivity contribution in [2.75, 3.05) is 37.6 Å². The van der Waals surface area contributed by atoms with Gasteiger partial charge in [0.2, 0.25) is 5.91 Å². The Morgan fingerprint density at radius 1 is 1.22 bits per heavy atom. The van der Waals surface area contributed by atoms with Crippen LogP contribution in [0.3, 0.4) is 0 Å².